The fourth-order valence-corrected chi connectivity index (χ4v) is 2.80. The minimum absolute atomic E-state index is 0.272. The van der Waals surface area contributed by atoms with E-state index in [1.165, 1.54) is 4.90 Å². The highest BCUT2D eigenvalue weighted by atomic mass is 16.6. The average Bonchev–Trinajstić information content (AvgIpc) is 2.88. The summed E-state index contributed by atoms with van der Waals surface area (Å²) in [5, 5.41) is 9.46. The Bertz CT molecular complexity index is 637. The van der Waals surface area contributed by atoms with Gasteiger partial charge in [0.15, 0.2) is 5.41 Å². The van der Waals surface area contributed by atoms with Crippen molar-refractivity contribution in [1.82, 2.24) is 9.80 Å². The Morgan fingerprint density at radius 3 is 2.48 bits per heavy atom. The van der Waals surface area contributed by atoms with E-state index in [2.05, 4.69) is 11.0 Å². The van der Waals surface area contributed by atoms with Gasteiger partial charge in [0, 0.05) is 31.2 Å². The van der Waals surface area contributed by atoms with Gasteiger partial charge in [-0.2, -0.15) is 5.26 Å². The van der Waals surface area contributed by atoms with E-state index in [1.807, 2.05) is 12.2 Å². The molecule has 7 heteroatoms. The number of nitriles is 1. The molecule has 0 N–H and O–H groups in total. The van der Waals surface area contributed by atoms with Crippen LogP contribution in [0.15, 0.2) is 36.3 Å². The van der Waals surface area contributed by atoms with Crippen molar-refractivity contribution in [2.45, 2.75) is 26.7 Å². The first-order valence-electron chi connectivity index (χ1n) is 8.41. The van der Waals surface area contributed by atoms with Gasteiger partial charge < -0.3 is 14.4 Å². The molecule has 0 unspecified atom stereocenters. The number of carbonyl (C=O) groups is 2. The van der Waals surface area contributed by atoms with E-state index >= 15 is 0 Å². The van der Waals surface area contributed by atoms with E-state index in [0.717, 1.165) is 5.70 Å². The number of rotatable bonds is 4. The number of likely N-dealkylation sites (tertiary alicyclic amines) is 1. The van der Waals surface area contributed by atoms with Gasteiger partial charge in [-0.15, -0.1) is 0 Å². The Balaban J connectivity index is 2.01. The summed E-state index contributed by atoms with van der Waals surface area (Å²) in [6.07, 6.45) is 9.14. The highest BCUT2D eigenvalue weighted by Crippen LogP contribution is 2.34. The van der Waals surface area contributed by atoms with Crippen LogP contribution in [0.1, 0.15) is 26.7 Å². The van der Waals surface area contributed by atoms with Crippen LogP contribution >= 0.6 is 0 Å². The van der Waals surface area contributed by atoms with Gasteiger partial charge in [0.1, 0.15) is 0 Å². The summed E-state index contributed by atoms with van der Waals surface area (Å²) in [6.45, 7) is 5.21. The molecule has 25 heavy (non-hydrogen) atoms. The van der Waals surface area contributed by atoms with Gasteiger partial charge >= 0.3 is 12.1 Å². The maximum atomic E-state index is 12.1. The van der Waals surface area contributed by atoms with Crippen LogP contribution in [0.2, 0.25) is 0 Å². The molecular weight excluding hydrogens is 322 g/mol. The lowest BCUT2D eigenvalue weighted by atomic mass is 9.79. The Kier molecular flexibility index (Phi) is 6.23. The molecule has 0 saturated carbocycles. The first kappa shape index (κ1) is 18.6. The Labute approximate surface area is 147 Å². The lowest BCUT2D eigenvalue weighted by molar-refractivity contribution is -0.154. The highest BCUT2D eigenvalue weighted by molar-refractivity contribution is 5.80. The number of ether oxygens (including phenoxy) is 2. The number of hydrogen-bond acceptors (Lipinski definition) is 6. The zero-order valence-corrected chi connectivity index (χ0v) is 14.6. The number of amides is 1. The minimum Gasteiger partial charge on any atom is -0.465 e. The quantitative estimate of drug-likeness (QED) is 0.728. The summed E-state index contributed by atoms with van der Waals surface area (Å²) in [6, 6.07) is 2.15. The maximum absolute atomic E-state index is 12.1. The predicted octanol–water partition coefficient (Wildman–Crippen LogP) is 2.54. The van der Waals surface area contributed by atoms with E-state index in [9.17, 15) is 14.9 Å². The lowest BCUT2D eigenvalue weighted by Crippen LogP contribution is -2.43. The molecule has 0 spiro atoms. The first-order chi connectivity index (χ1) is 12.1. The van der Waals surface area contributed by atoms with Crippen molar-refractivity contribution in [2.75, 3.05) is 26.3 Å². The van der Waals surface area contributed by atoms with Gasteiger partial charge in [-0.25, -0.2) is 4.79 Å². The molecule has 7 nitrogen and oxygen atoms in total. The van der Waals surface area contributed by atoms with Crippen LogP contribution in [0.3, 0.4) is 0 Å². The monoisotopic (exact) mass is 345 g/mol. The molecule has 0 aliphatic carbocycles. The van der Waals surface area contributed by atoms with Gasteiger partial charge in [0.2, 0.25) is 0 Å². The minimum atomic E-state index is -1.06. The summed E-state index contributed by atoms with van der Waals surface area (Å²) in [4.78, 5) is 27.3. The molecule has 0 aromatic rings. The molecule has 0 radical (unpaired) electrons. The van der Waals surface area contributed by atoms with Crippen LogP contribution in [-0.4, -0.2) is 48.2 Å². The molecule has 2 rings (SSSR count). The van der Waals surface area contributed by atoms with E-state index in [-0.39, 0.29) is 6.61 Å². The Hall–Kier alpha value is -2.75. The molecule has 0 bridgehead atoms. The largest absolute Gasteiger partial charge is 0.465 e. The highest BCUT2D eigenvalue weighted by Gasteiger charge is 2.43. The van der Waals surface area contributed by atoms with E-state index in [0.29, 0.717) is 32.5 Å². The summed E-state index contributed by atoms with van der Waals surface area (Å²) in [5.74, 6) is -0.434. The van der Waals surface area contributed by atoms with Crippen molar-refractivity contribution in [2.24, 2.45) is 5.41 Å². The second-order valence-corrected chi connectivity index (χ2v) is 5.76. The fraction of sp³-hybridized carbons (Fsp3) is 0.500. The third-order valence-electron chi connectivity index (χ3n) is 4.26. The van der Waals surface area contributed by atoms with Gasteiger partial charge in [0.05, 0.1) is 19.3 Å². The molecule has 2 aliphatic heterocycles. The van der Waals surface area contributed by atoms with Crippen LogP contribution in [-0.2, 0) is 14.3 Å². The molecular formula is C18H23N3O4. The lowest BCUT2D eigenvalue weighted by Gasteiger charge is -2.37. The summed E-state index contributed by atoms with van der Waals surface area (Å²) >= 11 is 0. The van der Waals surface area contributed by atoms with Crippen LogP contribution < -0.4 is 0 Å². The van der Waals surface area contributed by atoms with Gasteiger partial charge in [-0.05, 0) is 44.9 Å². The molecule has 1 amide bonds. The maximum Gasteiger partial charge on any atom is 0.417 e. The number of piperidine rings is 1. The standard InChI is InChI=1S/C18H23N3O4/c1-3-24-16(22)18(14-19)8-12-20(13-9-18)15-6-5-10-21(11-7-15)17(23)25-4-2/h5-7,10-11H,3-4,8-9,12-13H2,1-2H3. The van der Waals surface area contributed by atoms with Gasteiger partial charge in [0.25, 0.3) is 0 Å². The van der Waals surface area contributed by atoms with E-state index in [4.69, 9.17) is 9.47 Å². The number of hydrogen-bond donors (Lipinski definition) is 0. The summed E-state index contributed by atoms with van der Waals surface area (Å²) in [7, 11) is 0. The Morgan fingerprint density at radius 1 is 1.20 bits per heavy atom. The SMILES string of the molecule is CCOC(=O)N1C=CC=C(N2CCC(C#N)(C(=O)OCC)CC2)C=C1. The second kappa shape index (κ2) is 8.38. The van der Waals surface area contributed by atoms with Crippen molar-refractivity contribution < 1.29 is 19.1 Å². The van der Waals surface area contributed by atoms with Crippen LogP contribution in [0, 0.1) is 16.7 Å². The predicted molar refractivity (Wildman–Crippen MR) is 90.7 cm³/mol. The van der Waals surface area contributed by atoms with Crippen LogP contribution in [0.4, 0.5) is 4.79 Å². The molecule has 0 atom stereocenters. The molecule has 0 aromatic carbocycles. The number of allylic oxidation sites excluding steroid dienone is 3. The number of nitrogens with zero attached hydrogens (tertiary/aromatic N) is 3. The van der Waals surface area contributed by atoms with Crippen molar-refractivity contribution >= 4 is 12.1 Å². The third-order valence-corrected chi connectivity index (χ3v) is 4.26. The average molecular weight is 345 g/mol. The van der Waals surface area contributed by atoms with Crippen LogP contribution in [0.5, 0.6) is 0 Å². The molecule has 0 aromatic heterocycles. The van der Waals surface area contributed by atoms with Crippen molar-refractivity contribution in [3.63, 3.8) is 0 Å². The first-order valence-corrected chi connectivity index (χ1v) is 8.41. The van der Waals surface area contributed by atoms with Gasteiger partial charge in [-0.1, -0.05) is 0 Å². The third kappa shape index (κ3) is 4.21. The zero-order valence-electron chi connectivity index (χ0n) is 14.6. The summed E-state index contributed by atoms with van der Waals surface area (Å²) in [5.41, 5.74) is -0.146. The smallest absolute Gasteiger partial charge is 0.417 e. The molecule has 1 saturated heterocycles. The van der Waals surface area contributed by atoms with E-state index in [1.54, 1.807) is 32.3 Å². The van der Waals surface area contributed by atoms with E-state index < -0.39 is 17.5 Å². The molecule has 1 fully saturated rings. The number of carbonyl (C=O) groups excluding carboxylic acids is 2. The fourth-order valence-electron chi connectivity index (χ4n) is 2.80. The van der Waals surface area contributed by atoms with Crippen molar-refractivity contribution in [1.29, 1.82) is 5.26 Å². The summed E-state index contributed by atoms with van der Waals surface area (Å²) < 4.78 is 10.0. The number of esters is 1. The van der Waals surface area contributed by atoms with Crippen molar-refractivity contribution in [3.05, 3.63) is 36.3 Å². The van der Waals surface area contributed by atoms with Crippen LogP contribution in [0.25, 0.3) is 0 Å². The van der Waals surface area contributed by atoms with Crippen molar-refractivity contribution in [3.8, 4) is 6.07 Å². The molecule has 134 valence electrons. The molecule has 2 aliphatic rings. The molecule has 2 heterocycles. The topological polar surface area (TPSA) is 82.9 Å². The normalized spacial score (nSPS) is 18.8. The Morgan fingerprint density at radius 2 is 1.88 bits per heavy atom. The zero-order chi connectivity index (χ0) is 18.3. The second-order valence-electron chi connectivity index (χ2n) is 5.76. The van der Waals surface area contributed by atoms with Gasteiger partial charge in [-0.3, -0.25) is 9.69 Å².